The van der Waals surface area contributed by atoms with Crippen LogP contribution in [0.25, 0.3) is 0 Å². The van der Waals surface area contributed by atoms with Crippen LogP contribution < -0.4 is 15.4 Å². The van der Waals surface area contributed by atoms with Crippen molar-refractivity contribution in [1.29, 1.82) is 0 Å². The quantitative estimate of drug-likeness (QED) is 0.307. The van der Waals surface area contributed by atoms with Gasteiger partial charge in [0.1, 0.15) is 5.75 Å². The van der Waals surface area contributed by atoms with Crippen LogP contribution in [0.4, 0.5) is 0 Å². The van der Waals surface area contributed by atoms with E-state index in [0.29, 0.717) is 26.4 Å². The fourth-order valence-corrected chi connectivity index (χ4v) is 3.13. The van der Waals surface area contributed by atoms with Gasteiger partial charge >= 0.3 is 0 Å². The third kappa shape index (κ3) is 7.36. The average Bonchev–Trinajstić information content (AvgIpc) is 3.15. The van der Waals surface area contributed by atoms with Gasteiger partial charge < -0.3 is 30.0 Å². The first kappa shape index (κ1) is 21.5. The lowest BCUT2D eigenvalue weighted by Crippen LogP contribution is -2.44. The van der Waals surface area contributed by atoms with Crippen molar-refractivity contribution in [2.24, 2.45) is 10.4 Å². The Morgan fingerprint density at radius 2 is 2.22 bits per heavy atom. The number of hydrogen-bond acceptors (Lipinski definition) is 5. The van der Waals surface area contributed by atoms with Crippen LogP contribution in [0.2, 0.25) is 0 Å². The molecule has 2 rings (SSSR count). The molecule has 3 N–H and O–H groups in total. The second-order valence-corrected chi connectivity index (χ2v) is 6.90. The van der Waals surface area contributed by atoms with Crippen molar-refractivity contribution in [1.82, 2.24) is 10.6 Å². The number of aliphatic hydroxyl groups excluding tert-OH is 1. The lowest BCUT2D eigenvalue weighted by Gasteiger charge is -2.27. The summed E-state index contributed by atoms with van der Waals surface area (Å²) in [5.41, 5.74) is 1.11. The highest BCUT2D eigenvalue weighted by Gasteiger charge is 2.34. The zero-order chi connectivity index (χ0) is 19.4. The highest BCUT2D eigenvalue weighted by Crippen LogP contribution is 2.31. The van der Waals surface area contributed by atoms with Gasteiger partial charge in [-0.25, -0.2) is 0 Å². The zero-order valence-corrected chi connectivity index (χ0v) is 16.5. The molecule has 1 fully saturated rings. The molecule has 0 amide bonds. The molecule has 1 aromatic carbocycles. The predicted octanol–water partition coefficient (Wildman–Crippen LogP) is 1.56. The van der Waals surface area contributed by atoms with Gasteiger partial charge in [0.25, 0.3) is 0 Å². The van der Waals surface area contributed by atoms with Gasteiger partial charge in [0, 0.05) is 58.9 Å². The monoisotopic (exact) mass is 379 g/mol. The van der Waals surface area contributed by atoms with E-state index in [2.05, 4.69) is 21.7 Å². The van der Waals surface area contributed by atoms with Gasteiger partial charge in [0.2, 0.25) is 0 Å². The standard InChI is InChI=1S/C20H33N3O4/c1-21-19(23-15-20(7-9-24)8-12-26-16-20)22-14-17-5-3-6-18(13-17)27-11-4-10-25-2/h3,5-6,13,24H,4,7-12,14-16H2,1-2H3,(H2,21,22,23). The second-order valence-electron chi connectivity index (χ2n) is 6.90. The third-order valence-corrected chi connectivity index (χ3v) is 4.80. The Balaban J connectivity index is 1.79. The van der Waals surface area contributed by atoms with Crippen LogP contribution in [0.3, 0.4) is 0 Å². The van der Waals surface area contributed by atoms with Crippen molar-refractivity contribution in [2.45, 2.75) is 25.8 Å². The van der Waals surface area contributed by atoms with Gasteiger partial charge in [0.05, 0.1) is 13.2 Å². The second kappa shape index (κ2) is 11.8. The van der Waals surface area contributed by atoms with Crippen molar-refractivity contribution in [2.75, 3.05) is 53.7 Å². The number of benzene rings is 1. The van der Waals surface area contributed by atoms with Crippen LogP contribution in [0, 0.1) is 5.41 Å². The topological polar surface area (TPSA) is 84.3 Å². The molecule has 0 aromatic heterocycles. The molecular weight excluding hydrogens is 346 g/mol. The summed E-state index contributed by atoms with van der Waals surface area (Å²) in [7, 11) is 3.45. The van der Waals surface area contributed by atoms with Crippen LogP contribution in [0.1, 0.15) is 24.8 Å². The summed E-state index contributed by atoms with van der Waals surface area (Å²) in [6.07, 6.45) is 2.56. The summed E-state index contributed by atoms with van der Waals surface area (Å²) >= 11 is 0. The lowest BCUT2D eigenvalue weighted by atomic mass is 9.84. The molecule has 7 nitrogen and oxygen atoms in total. The summed E-state index contributed by atoms with van der Waals surface area (Å²) in [6.45, 7) is 4.34. The number of nitrogens with zero attached hydrogens (tertiary/aromatic N) is 1. The molecular formula is C20H33N3O4. The first-order valence-electron chi connectivity index (χ1n) is 9.55. The minimum atomic E-state index is -0.0116. The minimum absolute atomic E-state index is 0.0116. The van der Waals surface area contributed by atoms with Crippen LogP contribution >= 0.6 is 0 Å². The van der Waals surface area contributed by atoms with Gasteiger partial charge in [-0.2, -0.15) is 0 Å². The SMILES string of the molecule is CN=C(NCc1cccc(OCCCOC)c1)NCC1(CCO)CCOC1. The highest BCUT2D eigenvalue weighted by molar-refractivity contribution is 5.79. The molecule has 1 saturated heterocycles. The normalized spacial score (nSPS) is 19.9. The Hall–Kier alpha value is -1.83. The predicted molar refractivity (Wildman–Crippen MR) is 106 cm³/mol. The van der Waals surface area contributed by atoms with Crippen molar-refractivity contribution in [3.8, 4) is 5.75 Å². The Morgan fingerprint density at radius 1 is 1.33 bits per heavy atom. The molecule has 0 bridgehead atoms. The Morgan fingerprint density at radius 3 is 2.93 bits per heavy atom. The molecule has 1 aliphatic rings. The van der Waals surface area contributed by atoms with E-state index in [0.717, 1.165) is 49.7 Å². The van der Waals surface area contributed by atoms with E-state index in [-0.39, 0.29) is 12.0 Å². The summed E-state index contributed by atoms with van der Waals surface area (Å²) in [5, 5.41) is 16.0. The largest absolute Gasteiger partial charge is 0.493 e. The van der Waals surface area contributed by atoms with Crippen molar-refractivity contribution >= 4 is 5.96 Å². The van der Waals surface area contributed by atoms with Gasteiger partial charge in [0.15, 0.2) is 5.96 Å². The van der Waals surface area contributed by atoms with Crippen molar-refractivity contribution < 1.29 is 19.3 Å². The van der Waals surface area contributed by atoms with E-state index >= 15 is 0 Å². The van der Waals surface area contributed by atoms with Gasteiger partial charge in [-0.3, -0.25) is 4.99 Å². The first-order valence-corrected chi connectivity index (χ1v) is 9.55. The van der Waals surface area contributed by atoms with Gasteiger partial charge in [-0.05, 0) is 30.5 Å². The van der Waals surface area contributed by atoms with E-state index < -0.39 is 0 Å². The molecule has 0 saturated carbocycles. The van der Waals surface area contributed by atoms with Crippen LogP contribution in [-0.4, -0.2) is 64.8 Å². The van der Waals surface area contributed by atoms with Crippen LogP contribution in [-0.2, 0) is 16.0 Å². The number of methoxy groups -OCH3 is 1. The molecule has 1 aliphatic heterocycles. The number of aliphatic imine (C=N–C) groups is 1. The maximum absolute atomic E-state index is 9.34. The van der Waals surface area contributed by atoms with Crippen LogP contribution in [0.15, 0.2) is 29.3 Å². The maximum Gasteiger partial charge on any atom is 0.191 e. The lowest BCUT2D eigenvalue weighted by molar-refractivity contribution is 0.127. The molecule has 1 atom stereocenters. The van der Waals surface area contributed by atoms with E-state index in [1.54, 1.807) is 14.2 Å². The maximum atomic E-state index is 9.34. The molecule has 0 aliphatic carbocycles. The Labute approximate surface area is 162 Å². The fourth-order valence-electron chi connectivity index (χ4n) is 3.13. The highest BCUT2D eigenvalue weighted by atomic mass is 16.5. The van der Waals surface area contributed by atoms with E-state index in [1.165, 1.54) is 0 Å². The molecule has 1 aromatic rings. The van der Waals surface area contributed by atoms with Crippen LogP contribution in [0.5, 0.6) is 5.75 Å². The van der Waals surface area contributed by atoms with Crippen molar-refractivity contribution in [3.05, 3.63) is 29.8 Å². The van der Waals surface area contributed by atoms with Gasteiger partial charge in [-0.1, -0.05) is 12.1 Å². The summed E-state index contributed by atoms with van der Waals surface area (Å²) in [6, 6.07) is 8.04. The Kier molecular flexibility index (Phi) is 9.38. The van der Waals surface area contributed by atoms with E-state index in [1.807, 2.05) is 18.2 Å². The molecule has 0 spiro atoms. The molecule has 1 heterocycles. The van der Waals surface area contributed by atoms with E-state index in [9.17, 15) is 5.11 Å². The van der Waals surface area contributed by atoms with Crippen molar-refractivity contribution in [3.63, 3.8) is 0 Å². The van der Waals surface area contributed by atoms with Gasteiger partial charge in [-0.15, -0.1) is 0 Å². The minimum Gasteiger partial charge on any atom is -0.493 e. The Bertz CT molecular complexity index is 574. The summed E-state index contributed by atoms with van der Waals surface area (Å²) < 4.78 is 16.3. The number of guanidine groups is 1. The summed E-state index contributed by atoms with van der Waals surface area (Å²) in [4.78, 5) is 4.29. The smallest absolute Gasteiger partial charge is 0.191 e. The number of hydrogen-bond donors (Lipinski definition) is 3. The fraction of sp³-hybridized carbons (Fsp3) is 0.650. The number of nitrogens with one attached hydrogen (secondary N) is 2. The third-order valence-electron chi connectivity index (χ3n) is 4.80. The molecule has 1 unspecified atom stereocenters. The first-order chi connectivity index (χ1) is 13.2. The number of aliphatic hydroxyl groups is 1. The zero-order valence-electron chi connectivity index (χ0n) is 16.5. The van der Waals surface area contributed by atoms with E-state index in [4.69, 9.17) is 14.2 Å². The molecule has 152 valence electrons. The molecule has 7 heteroatoms. The average molecular weight is 380 g/mol. The molecule has 27 heavy (non-hydrogen) atoms. The summed E-state index contributed by atoms with van der Waals surface area (Å²) in [5.74, 6) is 1.60. The number of rotatable bonds is 11. The molecule has 0 radical (unpaired) electrons. The number of ether oxygens (including phenoxy) is 3.